The van der Waals surface area contributed by atoms with Crippen molar-refractivity contribution in [2.75, 3.05) is 6.61 Å². The molecule has 2 rings (SSSR count). The molecule has 102 valence electrons. The van der Waals surface area contributed by atoms with Crippen LogP contribution in [0.5, 0.6) is 5.75 Å². The third kappa shape index (κ3) is 3.29. The number of alkyl halides is 3. The van der Waals surface area contributed by atoms with Crippen molar-refractivity contribution in [3.63, 3.8) is 0 Å². The highest BCUT2D eigenvalue weighted by molar-refractivity contribution is 5.75. The summed E-state index contributed by atoms with van der Waals surface area (Å²) >= 11 is 0. The summed E-state index contributed by atoms with van der Waals surface area (Å²) in [5, 5.41) is 9.06. The molecular weight excluding hydrogens is 267 g/mol. The highest BCUT2D eigenvalue weighted by atomic mass is 19.4. The van der Waals surface area contributed by atoms with E-state index in [0.29, 0.717) is 16.7 Å². The molecule has 2 aromatic rings. The predicted molar refractivity (Wildman–Crippen MR) is 68.1 cm³/mol. The molecule has 0 saturated carbocycles. The molecule has 0 fully saturated rings. The second kappa shape index (κ2) is 5.66. The molecule has 0 aliphatic carbocycles. The number of hydrogen-bond donors (Lipinski definition) is 0. The minimum atomic E-state index is -4.40. The number of hydrogen-bond acceptors (Lipinski definition) is 2. The smallest absolute Gasteiger partial charge is 0.422 e. The van der Waals surface area contributed by atoms with Gasteiger partial charge in [-0.25, -0.2) is 0 Å². The second-order valence-electron chi connectivity index (χ2n) is 4.06. The van der Waals surface area contributed by atoms with E-state index in [-0.39, 0.29) is 5.75 Å². The van der Waals surface area contributed by atoms with E-state index in [4.69, 9.17) is 10.00 Å². The number of nitriles is 1. The van der Waals surface area contributed by atoms with Crippen LogP contribution in [0, 0.1) is 11.3 Å². The van der Waals surface area contributed by atoms with Gasteiger partial charge in [-0.15, -0.1) is 0 Å². The lowest BCUT2D eigenvalue weighted by molar-refractivity contribution is -0.153. The standard InChI is InChI=1S/C15H10F3NO/c16-15(17,18)10-20-14-8-4-3-7-13(14)12-6-2-1-5-11(12)9-19/h1-8H,10H2. The number of nitrogens with zero attached hydrogens (tertiary/aromatic N) is 1. The predicted octanol–water partition coefficient (Wildman–Crippen LogP) is 4.17. The van der Waals surface area contributed by atoms with E-state index in [1.807, 2.05) is 6.07 Å². The van der Waals surface area contributed by atoms with Crippen LogP contribution in [0.4, 0.5) is 13.2 Å². The maximum Gasteiger partial charge on any atom is 0.422 e. The van der Waals surface area contributed by atoms with Crippen molar-refractivity contribution in [3.05, 3.63) is 54.1 Å². The van der Waals surface area contributed by atoms with Crippen LogP contribution in [0.3, 0.4) is 0 Å². The van der Waals surface area contributed by atoms with Gasteiger partial charge in [0.25, 0.3) is 0 Å². The fraction of sp³-hybridized carbons (Fsp3) is 0.133. The molecule has 0 aromatic heterocycles. The lowest BCUT2D eigenvalue weighted by Crippen LogP contribution is -2.19. The number of ether oxygens (including phenoxy) is 1. The first-order valence-corrected chi connectivity index (χ1v) is 5.79. The number of halogens is 3. The van der Waals surface area contributed by atoms with E-state index in [9.17, 15) is 13.2 Å². The Hall–Kier alpha value is -2.48. The van der Waals surface area contributed by atoms with Crippen LogP contribution < -0.4 is 4.74 Å². The molecule has 0 radical (unpaired) electrons. The SMILES string of the molecule is N#Cc1ccccc1-c1ccccc1OCC(F)(F)F. The van der Waals surface area contributed by atoms with Gasteiger partial charge in [-0.2, -0.15) is 18.4 Å². The van der Waals surface area contributed by atoms with Gasteiger partial charge in [0.2, 0.25) is 0 Å². The van der Waals surface area contributed by atoms with Gasteiger partial charge >= 0.3 is 6.18 Å². The monoisotopic (exact) mass is 277 g/mol. The van der Waals surface area contributed by atoms with Gasteiger partial charge in [0, 0.05) is 11.1 Å². The van der Waals surface area contributed by atoms with Crippen molar-refractivity contribution in [1.29, 1.82) is 5.26 Å². The van der Waals surface area contributed by atoms with Gasteiger partial charge in [0.15, 0.2) is 6.61 Å². The van der Waals surface area contributed by atoms with Crippen LogP contribution in [0.25, 0.3) is 11.1 Å². The summed E-state index contributed by atoms with van der Waals surface area (Å²) in [7, 11) is 0. The summed E-state index contributed by atoms with van der Waals surface area (Å²) in [5.41, 5.74) is 1.40. The summed E-state index contributed by atoms with van der Waals surface area (Å²) < 4.78 is 41.6. The zero-order valence-electron chi connectivity index (χ0n) is 10.3. The molecule has 0 aliphatic heterocycles. The fourth-order valence-electron chi connectivity index (χ4n) is 1.79. The van der Waals surface area contributed by atoms with E-state index in [1.165, 1.54) is 6.07 Å². The molecule has 2 aromatic carbocycles. The van der Waals surface area contributed by atoms with Gasteiger partial charge < -0.3 is 4.74 Å². The molecule has 20 heavy (non-hydrogen) atoms. The summed E-state index contributed by atoms with van der Waals surface area (Å²) in [4.78, 5) is 0. The first-order chi connectivity index (χ1) is 9.51. The first-order valence-electron chi connectivity index (χ1n) is 5.79. The van der Waals surface area contributed by atoms with Crippen LogP contribution in [0.2, 0.25) is 0 Å². The zero-order valence-corrected chi connectivity index (χ0v) is 10.3. The van der Waals surface area contributed by atoms with Gasteiger partial charge in [0.1, 0.15) is 5.75 Å². The van der Waals surface area contributed by atoms with Crippen molar-refractivity contribution >= 4 is 0 Å². The molecule has 0 aliphatic rings. The molecule has 0 saturated heterocycles. The van der Waals surface area contributed by atoms with E-state index in [2.05, 4.69) is 0 Å². The van der Waals surface area contributed by atoms with Gasteiger partial charge in [-0.3, -0.25) is 0 Å². The van der Waals surface area contributed by atoms with E-state index >= 15 is 0 Å². The number of para-hydroxylation sites is 1. The Labute approximate surface area is 114 Å². The Morgan fingerprint density at radius 1 is 0.950 bits per heavy atom. The summed E-state index contributed by atoms with van der Waals surface area (Å²) in [6.07, 6.45) is -4.40. The summed E-state index contributed by atoms with van der Waals surface area (Å²) in [6.45, 7) is -1.36. The van der Waals surface area contributed by atoms with Crippen molar-refractivity contribution in [1.82, 2.24) is 0 Å². The Morgan fingerprint density at radius 2 is 1.55 bits per heavy atom. The normalized spacial score (nSPS) is 10.9. The zero-order chi connectivity index (χ0) is 14.6. The summed E-state index contributed by atoms with van der Waals surface area (Å²) in [6, 6.07) is 15.1. The quantitative estimate of drug-likeness (QED) is 0.843. The molecule has 0 N–H and O–H groups in total. The topological polar surface area (TPSA) is 33.0 Å². The van der Waals surface area contributed by atoms with Crippen molar-refractivity contribution in [2.45, 2.75) is 6.18 Å². The Bertz CT molecular complexity index is 644. The number of benzene rings is 2. The molecule has 5 heteroatoms. The van der Waals surface area contributed by atoms with Crippen LogP contribution in [0.15, 0.2) is 48.5 Å². The highest BCUT2D eigenvalue weighted by Crippen LogP contribution is 2.32. The third-order valence-corrected chi connectivity index (χ3v) is 2.62. The average molecular weight is 277 g/mol. The Kier molecular flexibility index (Phi) is 3.94. The average Bonchev–Trinajstić information content (AvgIpc) is 2.44. The lowest BCUT2D eigenvalue weighted by Gasteiger charge is -2.13. The van der Waals surface area contributed by atoms with Crippen molar-refractivity contribution < 1.29 is 17.9 Å². The molecule has 0 amide bonds. The maximum atomic E-state index is 12.2. The minimum absolute atomic E-state index is 0.104. The van der Waals surface area contributed by atoms with E-state index in [1.54, 1.807) is 42.5 Å². The van der Waals surface area contributed by atoms with E-state index < -0.39 is 12.8 Å². The van der Waals surface area contributed by atoms with Crippen LogP contribution in [-0.4, -0.2) is 12.8 Å². The molecular formula is C15H10F3NO. The fourth-order valence-corrected chi connectivity index (χ4v) is 1.79. The Balaban J connectivity index is 2.40. The molecule has 0 atom stereocenters. The summed E-state index contributed by atoms with van der Waals surface area (Å²) in [5.74, 6) is 0.104. The largest absolute Gasteiger partial charge is 0.483 e. The van der Waals surface area contributed by atoms with Crippen LogP contribution in [0.1, 0.15) is 5.56 Å². The molecule has 0 heterocycles. The third-order valence-electron chi connectivity index (χ3n) is 2.62. The van der Waals surface area contributed by atoms with E-state index in [0.717, 1.165) is 0 Å². The maximum absolute atomic E-state index is 12.2. The molecule has 0 bridgehead atoms. The van der Waals surface area contributed by atoms with Gasteiger partial charge in [0.05, 0.1) is 11.6 Å². The molecule has 0 unspecified atom stereocenters. The Morgan fingerprint density at radius 3 is 2.20 bits per heavy atom. The lowest BCUT2D eigenvalue weighted by atomic mass is 10.00. The number of rotatable bonds is 3. The van der Waals surface area contributed by atoms with Crippen molar-refractivity contribution in [2.24, 2.45) is 0 Å². The van der Waals surface area contributed by atoms with Crippen molar-refractivity contribution in [3.8, 4) is 22.9 Å². The van der Waals surface area contributed by atoms with Gasteiger partial charge in [-0.1, -0.05) is 36.4 Å². The van der Waals surface area contributed by atoms with Crippen LogP contribution in [-0.2, 0) is 0 Å². The second-order valence-corrected chi connectivity index (χ2v) is 4.06. The molecule has 0 spiro atoms. The minimum Gasteiger partial charge on any atom is -0.483 e. The first kappa shape index (κ1) is 13.9. The molecule has 2 nitrogen and oxygen atoms in total. The van der Waals surface area contributed by atoms with Gasteiger partial charge in [-0.05, 0) is 12.1 Å². The van der Waals surface area contributed by atoms with Crippen LogP contribution >= 0.6 is 0 Å². The highest BCUT2D eigenvalue weighted by Gasteiger charge is 2.28.